The number of nitrogens with one attached hydrogen (secondary N) is 1. The van der Waals surface area contributed by atoms with E-state index in [0.29, 0.717) is 0 Å². The molecule has 0 saturated carbocycles. The molecule has 7 heteroatoms. The molecular weight excluding hydrogens is 390 g/mol. The maximum atomic E-state index is 5.67. The van der Waals surface area contributed by atoms with Gasteiger partial charge in [-0.2, -0.15) is 5.10 Å². The van der Waals surface area contributed by atoms with E-state index in [0.717, 1.165) is 70.1 Å². The summed E-state index contributed by atoms with van der Waals surface area (Å²) in [6.45, 7) is 2.45. The molecule has 0 fully saturated rings. The zero-order chi connectivity index (χ0) is 21.4. The molecular formula is C24H25N5O2. The number of hydrogen-bond donors (Lipinski definition) is 1. The average Bonchev–Trinajstić information content (AvgIpc) is 3.12. The summed E-state index contributed by atoms with van der Waals surface area (Å²) in [7, 11) is 5.30. The molecule has 0 amide bonds. The van der Waals surface area contributed by atoms with E-state index in [4.69, 9.17) is 9.47 Å². The fourth-order valence-corrected chi connectivity index (χ4v) is 4.13. The number of pyridine rings is 1. The van der Waals surface area contributed by atoms with Gasteiger partial charge in [0.25, 0.3) is 0 Å². The van der Waals surface area contributed by atoms with Crippen LogP contribution in [0.25, 0.3) is 22.0 Å². The van der Waals surface area contributed by atoms with Crippen molar-refractivity contribution in [2.45, 2.75) is 6.54 Å². The lowest BCUT2D eigenvalue weighted by Crippen LogP contribution is -2.24. The highest BCUT2D eigenvalue weighted by molar-refractivity contribution is 5.88. The summed E-state index contributed by atoms with van der Waals surface area (Å²) in [6, 6.07) is 12.6. The number of hydrogen-bond acceptors (Lipinski definition) is 6. The molecule has 4 aromatic rings. The number of anilines is 2. The van der Waals surface area contributed by atoms with Gasteiger partial charge in [0.05, 0.1) is 31.6 Å². The minimum absolute atomic E-state index is 0.749. The van der Waals surface area contributed by atoms with Gasteiger partial charge in [0.15, 0.2) is 0 Å². The molecule has 0 saturated heterocycles. The van der Waals surface area contributed by atoms with Gasteiger partial charge < -0.3 is 19.7 Å². The van der Waals surface area contributed by atoms with Crippen LogP contribution in [0.1, 0.15) is 5.56 Å². The van der Waals surface area contributed by atoms with Crippen molar-refractivity contribution in [3.05, 3.63) is 60.6 Å². The predicted octanol–water partition coefficient (Wildman–Crippen LogP) is 3.89. The molecule has 0 radical (unpaired) electrons. The Balaban J connectivity index is 1.62. The van der Waals surface area contributed by atoms with Gasteiger partial charge in [-0.25, -0.2) is 0 Å². The zero-order valence-electron chi connectivity index (χ0n) is 17.9. The van der Waals surface area contributed by atoms with Crippen LogP contribution in [-0.2, 0) is 13.6 Å². The van der Waals surface area contributed by atoms with Crippen molar-refractivity contribution in [2.24, 2.45) is 7.05 Å². The van der Waals surface area contributed by atoms with E-state index in [1.807, 2.05) is 31.7 Å². The predicted molar refractivity (Wildman–Crippen MR) is 122 cm³/mol. The van der Waals surface area contributed by atoms with Gasteiger partial charge in [0.2, 0.25) is 0 Å². The van der Waals surface area contributed by atoms with Crippen LogP contribution < -0.4 is 19.7 Å². The third-order valence-electron chi connectivity index (χ3n) is 5.73. The third kappa shape index (κ3) is 3.57. The second kappa shape index (κ2) is 7.92. The number of methoxy groups -OCH3 is 2. The first kappa shape index (κ1) is 19.4. The monoisotopic (exact) mass is 415 g/mol. The third-order valence-corrected chi connectivity index (χ3v) is 5.73. The van der Waals surface area contributed by atoms with E-state index in [9.17, 15) is 0 Å². The molecule has 2 aromatic carbocycles. The molecule has 31 heavy (non-hydrogen) atoms. The summed E-state index contributed by atoms with van der Waals surface area (Å²) in [5.74, 6) is 1.61. The number of benzene rings is 2. The van der Waals surface area contributed by atoms with E-state index in [1.54, 1.807) is 18.9 Å². The Bertz CT molecular complexity index is 1250. The number of fused-ring (bicyclic) bond motifs is 2. The number of rotatable bonds is 4. The van der Waals surface area contributed by atoms with Crippen LogP contribution in [0.5, 0.6) is 11.5 Å². The number of aryl methyl sites for hydroxylation is 1. The molecule has 5 rings (SSSR count). The minimum Gasteiger partial charge on any atom is -0.497 e. The summed E-state index contributed by atoms with van der Waals surface area (Å²) >= 11 is 0. The van der Waals surface area contributed by atoms with E-state index < -0.39 is 0 Å². The summed E-state index contributed by atoms with van der Waals surface area (Å²) in [4.78, 5) is 6.98. The molecule has 1 aliphatic rings. The van der Waals surface area contributed by atoms with Gasteiger partial charge in [-0.15, -0.1) is 0 Å². The van der Waals surface area contributed by atoms with Crippen LogP contribution in [-0.4, -0.2) is 42.1 Å². The van der Waals surface area contributed by atoms with Crippen molar-refractivity contribution < 1.29 is 9.47 Å². The Morgan fingerprint density at radius 1 is 1.00 bits per heavy atom. The van der Waals surface area contributed by atoms with Gasteiger partial charge in [0.1, 0.15) is 11.5 Å². The highest BCUT2D eigenvalue weighted by Crippen LogP contribution is 2.39. The summed E-state index contributed by atoms with van der Waals surface area (Å²) < 4.78 is 13.0. The lowest BCUT2D eigenvalue weighted by atomic mass is 10.1. The van der Waals surface area contributed by atoms with Crippen molar-refractivity contribution in [3.8, 4) is 22.6 Å². The first-order valence-electron chi connectivity index (χ1n) is 10.3. The SMILES string of the molecule is COc1cc(OC)c2c(c1)N(c1ccc3ncc(-c4cnn(C)c4)cc3c1)CCNC2. The first-order valence-corrected chi connectivity index (χ1v) is 10.3. The van der Waals surface area contributed by atoms with Crippen molar-refractivity contribution in [1.29, 1.82) is 0 Å². The summed E-state index contributed by atoms with van der Waals surface area (Å²) in [5, 5.41) is 8.87. The molecule has 0 spiro atoms. The average molecular weight is 415 g/mol. The molecule has 3 heterocycles. The molecule has 2 aromatic heterocycles. The van der Waals surface area contributed by atoms with E-state index in [2.05, 4.69) is 50.6 Å². The zero-order valence-corrected chi connectivity index (χ0v) is 17.9. The molecule has 0 aliphatic carbocycles. The van der Waals surface area contributed by atoms with Gasteiger partial charge in [-0.3, -0.25) is 9.67 Å². The van der Waals surface area contributed by atoms with E-state index in [1.165, 1.54) is 0 Å². The van der Waals surface area contributed by atoms with Crippen LogP contribution in [0.2, 0.25) is 0 Å². The molecule has 7 nitrogen and oxygen atoms in total. The highest BCUT2D eigenvalue weighted by Gasteiger charge is 2.22. The lowest BCUT2D eigenvalue weighted by molar-refractivity contribution is 0.391. The smallest absolute Gasteiger partial charge is 0.129 e. The van der Waals surface area contributed by atoms with Crippen LogP contribution in [0.3, 0.4) is 0 Å². The van der Waals surface area contributed by atoms with Crippen molar-refractivity contribution in [2.75, 3.05) is 32.2 Å². The fraction of sp³-hybridized carbons (Fsp3) is 0.250. The Hall–Kier alpha value is -3.58. The molecule has 0 unspecified atom stereocenters. The Kier molecular flexibility index (Phi) is 4.95. The maximum Gasteiger partial charge on any atom is 0.129 e. The second-order valence-electron chi connectivity index (χ2n) is 7.66. The number of nitrogens with zero attached hydrogens (tertiary/aromatic N) is 4. The topological polar surface area (TPSA) is 64.4 Å². The highest BCUT2D eigenvalue weighted by atomic mass is 16.5. The lowest BCUT2D eigenvalue weighted by Gasteiger charge is -2.26. The van der Waals surface area contributed by atoms with E-state index in [-0.39, 0.29) is 0 Å². The van der Waals surface area contributed by atoms with Gasteiger partial charge >= 0.3 is 0 Å². The molecule has 1 N–H and O–H groups in total. The summed E-state index contributed by atoms with van der Waals surface area (Å²) in [6.07, 6.45) is 5.77. The van der Waals surface area contributed by atoms with Crippen LogP contribution in [0.4, 0.5) is 11.4 Å². The molecule has 158 valence electrons. The quantitative estimate of drug-likeness (QED) is 0.546. The normalized spacial score (nSPS) is 13.7. The largest absolute Gasteiger partial charge is 0.497 e. The molecule has 1 aliphatic heterocycles. The molecule has 0 bridgehead atoms. The first-order chi connectivity index (χ1) is 15.2. The molecule has 0 atom stereocenters. The van der Waals surface area contributed by atoms with Crippen molar-refractivity contribution in [3.63, 3.8) is 0 Å². The Morgan fingerprint density at radius 2 is 1.90 bits per heavy atom. The fourth-order valence-electron chi connectivity index (χ4n) is 4.13. The van der Waals surface area contributed by atoms with Gasteiger partial charge in [0, 0.05) is 79.0 Å². The second-order valence-corrected chi connectivity index (χ2v) is 7.66. The van der Waals surface area contributed by atoms with Crippen molar-refractivity contribution >= 4 is 22.3 Å². The Labute approximate surface area is 181 Å². The number of ether oxygens (including phenoxy) is 2. The maximum absolute atomic E-state index is 5.67. The standard InChI is InChI=1S/C24H25N5O2/c1-28-15-18(13-27-28)17-8-16-9-19(4-5-22(16)26-12-17)29-7-6-25-14-21-23(29)10-20(30-2)11-24(21)31-3/h4-5,8-13,15,25H,6-7,14H2,1-3H3. The van der Waals surface area contributed by atoms with Gasteiger partial charge in [-0.1, -0.05) is 0 Å². The Morgan fingerprint density at radius 3 is 2.68 bits per heavy atom. The van der Waals surface area contributed by atoms with Crippen LogP contribution in [0.15, 0.2) is 55.0 Å². The van der Waals surface area contributed by atoms with E-state index >= 15 is 0 Å². The van der Waals surface area contributed by atoms with Crippen LogP contribution >= 0.6 is 0 Å². The minimum atomic E-state index is 0.749. The summed E-state index contributed by atoms with van der Waals surface area (Å²) in [5.41, 5.74) is 6.41. The van der Waals surface area contributed by atoms with Crippen molar-refractivity contribution in [1.82, 2.24) is 20.1 Å². The van der Waals surface area contributed by atoms with Crippen LogP contribution in [0, 0.1) is 0 Å². The van der Waals surface area contributed by atoms with Gasteiger partial charge in [-0.05, 0) is 24.3 Å². The number of aromatic nitrogens is 3.